The minimum Gasteiger partial charge on any atom is -0.493 e. The lowest BCUT2D eigenvalue weighted by Gasteiger charge is -2.13. The molecule has 0 aliphatic carbocycles. The van der Waals surface area contributed by atoms with Gasteiger partial charge in [-0.05, 0) is 12.1 Å². The van der Waals surface area contributed by atoms with E-state index in [0.717, 1.165) is 0 Å². The van der Waals surface area contributed by atoms with Gasteiger partial charge >= 0.3 is 0 Å². The zero-order valence-electron chi connectivity index (χ0n) is 9.51. The molecule has 3 N–H and O–H groups in total. The van der Waals surface area contributed by atoms with Gasteiger partial charge < -0.3 is 20.3 Å². The lowest BCUT2D eigenvalue weighted by atomic mass is 10.1. The molecule has 0 heterocycles. The molecule has 0 aromatic heterocycles. The number of benzene rings is 1. The molecule has 0 bridgehead atoms. The van der Waals surface area contributed by atoms with E-state index >= 15 is 0 Å². The highest BCUT2D eigenvalue weighted by molar-refractivity contribution is 6.32. The summed E-state index contributed by atoms with van der Waals surface area (Å²) in [6.45, 7) is -0.351. The van der Waals surface area contributed by atoms with Gasteiger partial charge in [0.15, 0.2) is 24.2 Å². The Kier molecular flexibility index (Phi) is 4.77. The summed E-state index contributed by atoms with van der Waals surface area (Å²) in [6, 6.07) is 4.41. The second kappa shape index (κ2) is 6.10. The first kappa shape index (κ1) is 14.1. The minimum atomic E-state index is -1.32. The maximum atomic E-state index is 10.6. The van der Waals surface area contributed by atoms with Crippen molar-refractivity contribution in [2.75, 3.05) is 13.7 Å². The fourth-order valence-electron chi connectivity index (χ4n) is 1.26. The van der Waals surface area contributed by atoms with Gasteiger partial charge in [-0.2, -0.15) is 5.26 Å². The van der Waals surface area contributed by atoms with Crippen LogP contribution in [0, 0.1) is 11.3 Å². The number of primary amides is 1. The van der Waals surface area contributed by atoms with Crippen LogP contribution in [0.2, 0.25) is 5.02 Å². The molecule has 1 amide bonds. The van der Waals surface area contributed by atoms with Gasteiger partial charge in [-0.1, -0.05) is 11.6 Å². The fraction of sp³-hybridized carbons (Fsp3) is 0.273. The summed E-state index contributed by atoms with van der Waals surface area (Å²) >= 11 is 5.92. The Labute approximate surface area is 108 Å². The van der Waals surface area contributed by atoms with E-state index in [0.29, 0.717) is 0 Å². The number of hydrogen-bond donors (Lipinski definition) is 2. The molecule has 6 nitrogen and oxygen atoms in total. The Morgan fingerprint density at radius 2 is 2.33 bits per heavy atom. The van der Waals surface area contributed by atoms with E-state index in [1.54, 1.807) is 6.07 Å². The minimum absolute atomic E-state index is 0.111. The predicted molar refractivity (Wildman–Crippen MR) is 63.3 cm³/mol. The summed E-state index contributed by atoms with van der Waals surface area (Å²) in [5, 5.41) is 18.1. The van der Waals surface area contributed by atoms with Crippen molar-refractivity contribution in [2.24, 2.45) is 5.73 Å². The number of aliphatic hydroxyl groups is 1. The van der Waals surface area contributed by atoms with E-state index in [2.05, 4.69) is 0 Å². The number of nitrogens with zero attached hydrogens (tertiary/aromatic N) is 1. The number of hydrogen-bond acceptors (Lipinski definition) is 5. The van der Waals surface area contributed by atoms with Gasteiger partial charge in [-0.3, -0.25) is 4.79 Å². The van der Waals surface area contributed by atoms with Crippen LogP contribution < -0.4 is 15.2 Å². The molecule has 1 unspecified atom stereocenters. The van der Waals surface area contributed by atoms with E-state index in [1.807, 2.05) is 0 Å². The molecule has 0 aliphatic rings. The SMILES string of the molecule is COc1cc(C(O)C#N)cc(Cl)c1OCC(N)=O. The van der Waals surface area contributed by atoms with Crippen LogP contribution in [0.5, 0.6) is 11.5 Å². The molecule has 7 heteroatoms. The Balaban J connectivity index is 3.12. The first-order valence-corrected chi connectivity index (χ1v) is 5.23. The Hall–Kier alpha value is -1.97. The Morgan fingerprint density at radius 1 is 1.67 bits per heavy atom. The second-order valence-corrected chi connectivity index (χ2v) is 3.73. The number of nitrogens with two attached hydrogens (primary N) is 1. The molecular formula is C11H11ClN2O4. The van der Waals surface area contributed by atoms with Crippen LogP contribution in [0.15, 0.2) is 12.1 Å². The van der Waals surface area contributed by atoms with Crippen LogP contribution in [0.25, 0.3) is 0 Å². The Morgan fingerprint density at radius 3 is 2.83 bits per heavy atom. The summed E-state index contributed by atoms with van der Waals surface area (Å²) in [4.78, 5) is 10.6. The third kappa shape index (κ3) is 3.26. The molecule has 18 heavy (non-hydrogen) atoms. The lowest BCUT2D eigenvalue weighted by molar-refractivity contribution is -0.119. The number of rotatable bonds is 5. The van der Waals surface area contributed by atoms with Crippen molar-refractivity contribution in [3.05, 3.63) is 22.7 Å². The number of amides is 1. The number of carbonyl (C=O) groups is 1. The van der Waals surface area contributed by atoms with Gasteiger partial charge in [0.05, 0.1) is 18.2 Å². The third-order valence-corrected chi connectivity index (χ3v) is 2.33. The molecule has 0 spiro atoms. The average molecular weight is 271 g/mol. The summed E-state index contributed by atoms with van der Waals surface area (Å²) in [5.41, 5.74) is 5.22. The van der Waals surface area contributed by atoms with Crippen molar-refractivity contribution in [1.82, 2.24) is 0 Å². The number of carbonyl (C=O) groups excluding carboxylic acids is 1. The number of halogens is 1. The zero-order valence-corrected chi connectivity index (χ0v) is 10.3. The van der Waals surface area contributed by atoms with Gasteiger partial charge in [0.2, 0.25) is 0 Å². The van der Waals surface area contributed by atoms with Crippen LogP contribution in [0.4, 0.5) is 0 Å². The standard InChI is InChI=1S/C11H11ClN2O4/c1-17-9-3-6(8(15)4-13)2-7(12)11(9)18-5-10(14)16/h2-3,8,15H,5H2,1H3,(H2,14,16). The van der Waals surface area contributed by atoms with Crippen LogP contribution in [-0.2, 0) is 4.79 Å². The monoisotopic (exact) mass is 270 g/mol. The largest absolute Gasteiger partial charge is 0.493 e. The summed E-state index contributed by atoms with van der Waals surface area (Å²) < 4.78 is 10.1. The van der Waals surface area contributed by atoms with Gasteiger partial charge in [-0.15, -0.1) is 0 Å². The van der Waals surface area contributed by atoms with E-state index in [9.17, 15) is 9.90 Å². The predicted octanol–water partition coefficient (Wildman–Crippen LogP) is 0.770. The molecule has 1 aromatic rings. The number of methoxy groups -OCH3 is 1. The molecule has 0 radical (unpaired) electrons. The van der Waals surface area contributed by atoms with E-state index in [1.165, 1.54) is 19.2 Å². The van der Waals surface area contributed by atoms with Gasteiger partial charge in [0.1, 0.15) is 0 Å². The van der Waals surface area contributed by atoms with Crippen molar-refractivity contribution in [3.63, 3.8) is 0 Å². The van der Waals surface area contributed by atoms with E-state index < -0.39 is 12.0 Å². The van der Waals surface area contributed by atoms with Crippen molar-refractivity contribution < 1.29 is 19.4 Å². The average Bonchev–Trinajstić information content (AvgIpc) is 2.35. The molecular weight excluding hydrogens is 260 g/mol. The number of aliphatic hydroxyl groups excluding tert-OH is 1. The maximum absolute atomic E-state index is 10.6. The van der Waals surface area contributed by atoms with E-state index in [-0.39, 0.29) is 28.7 Å². The molecule has 0 saturated carbocycles. The smallest absolute Gasteiger partial charge is 0.255 e. The number of nitriles is 1. The molecule has 1 atom stereocenters. The van der Waals surface area contributed by atoms with Crippen LogP contribution in [0.1, 0.15) is 11.7 Å². The van der Waals surface area contributed by atoms with Crippen LogP contribution >= 0.6 is 11.6 Å². The first-order valence-electron chi connectivity index (χ1n) is 4.85. The summed E-state index contributed by atoms with van der Waals surface area (Å²) in [7, 11) is 1.37. The van der Waals surface area contributed by atoms with Crippen molar-refractivity contribution in [1.29, 1.82) is 5.26 Å². The fourth-order valence-corrected chi connectivity index (χ4v) is 1.53. The number of ether oxygens (including phenoxy) is 2. The zero-order chi connectivity index (χ0) is 13.7. The molecule has 1 aromatic carbocycles. The van der Waals surface area contributed by atoms with Crippen molar-refractivity contribution in [3.8, 4) is 17.6 Å². The summed E-state index contributed by atoms with van der Waals surface area (Å²) in [6.07, 6.45) is -1.32. The van der Waals surface area contributed by atoms with Crippen molar-refractivity contribution in [2.45, 2.75) is 6.10 Å². The van der Waals surface area contributed by atoms with Gasteiger partial charge in [0, 0.05) is 5.56 Å². The first-order chi connectivity index (χ1) is 8.49. The third-order valence-electron chi connectivity index (χ3n) is 2.05. The summed E-state index contributed by atoms with van der Waals surface area (Å²) in [5.74, 6) is -0.325. The molecule has 96 valence electrons. The normalized spacial score (nSPS) is 11.4. The van der Waals surface area contributed by atoms with Gasteiger partial charge in [-0.25, -0.2) is 0 Å². The highest BCUT2D eigenvalue weighted by atomic mass is 35.5. The highest BCUT2D eigenvalue weighted by Gasteiger charge is 2.16. The maximum Gasteiger partial charge on any atom is 0.255 e. The van der Waals surface area contributed by atoms with Crippen LogP contribution in [0.3, 0.4) is 0 Å². The van der Waals surface area contributed by atoms with Crippen molar-refractivity contribution >= 4 is 17.5 Å². The molecule has 1 rings (SSSR count). The second-order valence-electron chi connectivity index (χ2n) is 3.32. The Bertz CT molecular complexity index is 499. The molecule has 0 aliphatic heterocycles. The quantitative estimate of drug-likeness (QED) is 0.769. The topological polar surface area (TPSA) is 106 Å². The lowest BCUT2D eigenvalue weighted by Crippen LogP contribution is -2.20. The van der Waals surface area contributed by atoms with Crippen LogP contribution in [-0.4, -0.2) is 24.7 Å². The molecule has 0 fully saturated rings. The molecule has 0 saturated heterocycles. The highest BCUT2D eigenvalue weighted by Crippen LogP contribution is 2.37. The van der Waals surface area contributed by atoms with E-state index in [4.69, 9.17) is 32.1 Å². The van der Waals surface area contributed by atoms with Gasteiger partial charge in [0.25, 0.3) is 5.91 Å².